The molecule has 0 aliphatic carbocycles. The Hall–Kier alpha value is -1.87. The fourth-order valence-corrected chi connectivity index (χ4v) is 2.19. The second-order valence-corrected chi connectivity index (χ2v) is 5.10. The van der Waals surface area contributed by atoms with E-state index < -0.39 is 6.17 Å². The number of benzene rings is 2. The maximum absolute atomic E-state index is 13.8. The normalized spacial score (nSPS) is 12.1. The molecule has 0 aliphatic rings. The number of hydrogen-bond acceptors (Lipinski definition) is 2. The number of aryl methyl sites for hydroxylation is 1. The zero-order valence-electron chi connectivity index (χ0n) is 12.4. The van der Waals surface area contributed by atoms with E-state index in [9.17, 15) is 4.39 Å². The van der Waals surface area contributed by atoms with Gasteiger partial charge in [0.15, 0.2) is 0 Å². The molecule has 0 fully saturated rings. The van der Waals surface area contributed by atoms with Gasteiger partial charge in [0.05, 0.1) is 7.11 Å². The van der Waals surface area contributed by atoms with Gasteiger partial charge in [-0.1, -0.05) is 42.5 Å². The largest absolute Gasteiger partial charge is 0.497 e. The van der Waals surface area contributed by atoms with Crippen molar-refractivity contribution in [1.82, 2.24) is 5.32 Å². The molecule has 0 saturated carbocycles. The van der Waals surface area contributed by atoms with Crippen molar-refractivity contribution in [3.05, 3.63) is 65.7 Å². The maximum Gasteiger partial charge on any atom is 0.118 e. The maximum atomic E-state index is 13.8. The molecule has 0 saturated heterocycles. The fraction of sp³-hybridized carbons (Fsp3) is 0.333. The highest BCUT2D eigenvalue weighted by atomic mass is 19.1. The van der Waals surface area contributed by atoms with Crippen LogP contribution >= 0.6 is 0 Å². The molecule has 112 valence electrons. The molecule has 2 aromatic rings. The van der Waals surface area contributed by atoms with E-state index in [0.717, 1.165) is 17.7 Å². The number of methoxy groups -OCH3 is 1. The van der Waals surface area contributed by atoms with Crippen molar-refractivity contribution in [2.24, 2.45) is 0 Å². The molecular formula is C18H22FNO. The van der Waals surface area contributed by atoms with Gasteiger partial charge in [-0.3, -0.25) is 0 Å². The Balaban J connectivity index is 1.66. The van der Waals surface area contributed by atoms with Gasteiger partial charge in [0.2, 0.25) is 0 Å². The summed E-state index contributed by atoms with van der Waals surface area (Å²) in [5.41, 5.74) is 2.32. The van der Waals surface area contributed by atoms with Crippen molar-refractivity contribution in [3.8, 4) is 5.75 Å². The van der Waals surface area contributed by atoms with Crippen molar-refractivity contribution in [1.29, 1.82) is 0 Å². The summed E-state index contributed by atoms with van der Waals surface area (Å²) in [5.74, 6) is 0.833. The molecule has 0 aliphatic heterocycles. The van der Waals surface area contributed by atoms with E-state index in [1.165, 1.54) is 5.56 Å². The van der Waals surface area contributed by atoms with Crippen molar-refractivity contribution in [2.45, 2.75) is 25.6 Å². The molecule has 1 atom stereocenters. The van der Waals surface area contributed by atoms with Crippen LogP contribution in [0.4, 0.5) is 4.39 Å². The van der Waals surface area contributed by atoms with Crippen LogP contribution in [-0.2, 0) is 13.0 Å². The summed E-state index contributed by atoms with van der Waals surface area (Å²) in [5, 5.41) is 3.16. The first-order chi connectivity index (χ1) is 10.3. The molecular weight excluding hydrogens is 265 g/mol. The lowest BCUT2D eigenvalue weighted by Crippen LogP contribution is -2.23. The Morgan fingerprint density at radius 1 is 1.00 bits per heavy atom. The van der Waals surface area contributed by atoms with Crippen LogP contribution in [0, 0.1) is 0 Å². The van der Waals surface area contributed by atoms with Gasteiger partial charge in [-0.25, -0.2) is 4.39 Å². The molecule has 0 unspecified atom stereocenters. The van der Waals surface area contributed by atoms with Crippen molar-refractivity contribution in [3.63, 3.8) is 0 Å². The molecule has 21 heavy (non-hydrogen) atoms. The van der Waals surface area contributed by atoms with Crippen LogP contribution in [0.3, 0.4) is 0 Å². The molecule has 0 spiro atoms. The Morgan fingerprint density at radius 2 is 1.71 bits per heavy atom. The Labute approximate surface area is 126 Å². The lowest BCUT2D eigenvalue weighted by molar-refractivity contribution is 0.301. The highest BCUT2D eigenvalue weighted by Crippen LogP contribution is 2.13. The number of rotatable bonds is 8. The van der Waals surface area contributed by atoms with Gasteiger partial charge in [-0.15, -0.1) is 0 Å². The summed E-state index contributed by atoms with van der Waals surface area (Å²) in [6.45, 7) is 1.11. The summed E-state index contributed by atoms with van der Waals surface area (Å²) < 4.78 is 19.0. The number of ether oxygens (including phenoxy) is 1. The zero-order chi connectivity index (χ0) is 14.9. The van der Waals surface area contributed by atoms with Gasteiger partial charge in [0.1, 0.15) is 11.9 Å². The second kappa shape index (κ2) is 8.42. The standard InChI is InChI=1S/C18H22FNO/c1-21-18-11-8-15(9-12-18)7-10-17(19)14-20-13-16-5-3-2-4-6-16/h2-6,8-9,11-12,17,20H,7,10,13-14H2,1H3/t17-/m1/s1. The second-order valence-electron chi connectivity index (χ2n) is 5.10. The van der Waals surface area contributed by atoms with Gasteiger partial charge in [0.25, 0.3) is 0 Å². The third-order valence-electron chi connectivity index (χ3n) is 3.44. The number of alkyl halides is 1. The minimum atomic E-state index is -0.823. The molecule has 2 aromatic carbocycles. The van der Waals surface area contributed by atoms with Crippen LogP contribution in [0.2, 0.25) is 0 Å². The summed E-state index contributed by atoms with van der Waals surface area (Å²) in [6.07, 6.45) is 0.461. The molecule has 0 bridgehead atoms. The monoisotopic (exact) mass is 287 g/mol. The first-order valence-electron chi connectivity index (χ1n) is 7.29. The molecule has 1 N–H and O–H groups in total. The Bertz CT molecular complexity index is 513. The van der Waals surface area contributed by atoms with E-state index in [-0.39, 0.29) is 0 Å². The molecule has 0 amide bonds. The summed E-state index contributed by atoms with van der Waals surface area (Å²) >= 11 is 0. The van der Waals surface area contributed by atoms with E-state index in [0.29, 0.717) is 19.5 Å². The van der Waals surface area contributed by atoms with Crippen LogP contribution in [0.15, 0.2) is 54.6 Å². The summed E-state index contributed by atoms with van der Waals surface area (Å²) in [7, 11) is 1.64. The average Bonchev–Trinajstić information content (AvgIpc) is 2.54. The third kappa shape index (κ3) is 5.56. The zero-order valence-corrected chi connectivity index (χ0v) is 12.4. The van der Waals surface area contributed by atoms with E-state index in [1.54, 1.807) is 7.11 Å². The fourth-order valence-electron chi connectivity index (χ4n) is 2.19. The number of halogens is 1. The highest BCUT2D eigenvalue weighted by Gasteiger charge is 2.06. The van der Waals surface area contributed by atoms with Gasteiger partial charge >= 0.3 is 0 Å². The van der Waals surface area contributed by atoms with Gasteiger partial charge in [-0.05, 0) is 36.1 Å². The molecule has 0 aromatic heterocycles. The highest BCUT2D eigenvalue weighted by molar-refractivity contribution is 5.27. The molecule has 2 rings (SSSR count). The smallest absolute Gasteiger partial charge is 0.118 e. The van der Waals surface area contributed by atoms with E-state index in [1.807, 2.05) is 54.6 Å². The minimum Gasteiger partial charge on any atom is -0.497 e. The summed E-state index contributed by atoms with van der Waals surface area (Å²) in [4.78, 5) is 0. The van der Waals surface area contributed by atoms with Crippen molar-refractivity contribution < 1.29 is 9.13 Å². The number of hydrogen-bond donors (Lipinski definition) is 1. The lowest BCUT2D eigenvalue weighted by atomic mass is 10.1. The molecule has 2 nitrogen and oxygen atoms in total. The molecule has 0 radical (unpaired) electrons. The van der Waals surface area contributed by atoms with Crippen LogP contribution in [0.25, 0.3) is 0 Å². The summed E-state index contributed by atoms with van der Waals surface area (Å²) in [6, 6.07) is 17.9. The SMILES string of the molecule is COc1ccc(CC[C@@H](F)CNCc2ccccc2)cc1. The quantitative estimate of drug-likeness (QED) is 0.798. The Morgan fingerprint density at radius 3 is 2.38 bits per heavy atom. The Kier molecular flexibility index (Phi) is 6.22. The predicted octanol–water partition coefficient (Wildman–Crippen LogP) is 3.76. The van der Waals surface area contributed by atoms with Crippen LogP contribution in [0.5, 0.6) is 5.75 Å². The van der Waals surface area contributed by atoms with Crippen LogP contribution < -0.4 is 10.1 Å². The third-order valence-corrected chi connectivity index (χ3v) is 3.44. The van der Waals surface area contributed by atoms with Gasteiger partial charge in [-0.2, -0.15) is 0 Å². The van der Waals surface area contributed by atoms with Gasteiger partial charge < -0.3 is 10.1 Å². The predicted molar refractivity (Wildman–Crippen MR) is 84.4 cm³/mol. The van der Waals surface area contributed by atoms with Crippen LogP contribution in [-0.4, -0.2) is 19.8 Å². The number of nitrogens with one attached hydrogen (secondary N) is 1. The molecule has 3 heteroatoms. The van der Waals surface area contributed by atoms with Crippen LogP contribution in [0.1, 0.15) is 17.5 Å². The minimum absolute atomic E-state index is 0.394. The van der Waals surface area contributed by atoms with E-state index >= 15 is 0 Å². The van der Waals surface area contributed by atoms with E-state index in [2.05, 4.69) is 5.32 Å². The van der Waals surface area contributed by atoms with Gasteiger partial charge in [0, 0.05) is 13.1 Å². The topological polar surface area (TPSA) is 21.3 Å². The molecule has 0 heterocycles. The first-order valence-corrected chi connectivity index (χ1v) is 7.29. The average molecular weight is 287 g/mol. The first kappa shape index (κ1) is 15.5. The van der Waals surface area contributed by atoms with Crippen molar-refractivity contribution >= 4 is 0 Å². The van der Waals surface area contributed by atoms with E-state index in [4.69, 9.17) is 4.74 Å². The lowest BCUT2D eigenvalue weighted by Gasteiger charge is -2.10. The van der Waals surface area contributed by atoms with Crippen molar-refractivity contribution in [2.75, 3.05) is 13.7 Å².